The molecule has 0 N–H and O–H groups in total. The monoisotopic (exact) mass is 413 g/mol. The van der Waals surface area contributed by atoms with Crippen LogP contribution in [0.1, 0.15) is 36.2 Å². The Hall–Kier alpha value is -3.81. The molecule has 1 amide bonds. The molecular weight excluding hydrogens is 390 g/mol. The summed E-state index contributed by atoms with van der Waals surface area (Å²) in [6.07, 6.45) is 6.82. The van der Waals surface area contributed by atoms with Crippen molar-refractivity contribution >= 4 is 5.91 Å². The number of benzene rings is 2. The smallest absolute Gasteiger partial charge is 0.256 e. The van der Waals surface area contributed by atoms with Gasteiger partial charge in [0.2, 0.25) is 0 Å². The molecule has 8 nitrogen and oxygen atoms in total. The lowest BCUT2D eigenvalue weighted by Crippen LogP contribution is -2.46. The van der Waals surface area contributed by atoms with Crippen molar-refractivity contribution in [1.29, 1.82) is 0 Å². The Labute approximate surface area is 180 Å². The van der Waals surface area contributed by atoms with Crippen LogP contribution in [0.4, 0.5) is 0 Å². The summed E-state index contributed by atoms with van der Waals surface area (Å²) in [5.74, 6) is -0.0273. The van der Waals surface area contributed by atoms with Gasteiger partial charge in [0.25, 0.3) is 5.91 Å². The zero-order valence-corrected chi connectivity index (χ0v) is 17.2. The Morgan fingerprint density at radius 3 is 2.48 bits per heavy atom. The van der Waals surface area contributed by atoms with Gasteiger partial charge in [-0.15, -0.1) is 0 Å². The molecule has 0 radical (unpaired) electrons. The van der Waals surface area contributed by atoms with Crippen molar-refractivity contribution in [3.05, 3.63) is 78.8 Å². The van der Waals surface area contributed by atoms with Crippen LogP contribution in [0.25, 0.3) is 16.9 Å². The van der Waals surface area contributed by atoms with E-state index in [1.807, 2.05) is 59.5 Å². The second-order valence-electron chi connectivity index (χ2n) is 7.79. The molecule has 0 unspecified atom stereocenters. The molecule has 8 heteroatoms. The first kappa shape index (κ1) is 19.2. The van der Waals surface area contributed by atoms with Gasteiger partial charge in [-0.05, 0) is 31.9 Å². The summed E-state index contributed by atoms with van der Waals surface area (Å²) < 4.78 is 0. The summed E-state index contributed by atoms with van der Waals surface area (Å²) in [5.41, 5.74) is 3.14. The molecule has 4 aromatic rings. The van der Waals surface area contributed by atoms with Crippen molar-refractivity contribution in [3.8, 4) is 16.9 Å². The van der Waals surface area contributed by atoms with Crippen LogP contribution in [0.2, 0.25) is 0 Å². The number of carbonyl (C=O) groups is 1. The number of amides is 1. The molecule has 3 heterocycles. The van der Waals surface area contributed by atoms with Crippen LogP contribution in [0, 0.1) is 0 Å². The Bertz CT molecular complexity index is 1170. The van der Waals surface area contributed by atoms with E-state index in [1.165, 1.54) is 4.80 Å². The lowest BCUT2D eigenvalue weighted by Gasteiger charge is -2.37. The molecule has 2 aromatic heterocycles. The summed E-state index contributed by atoms with van der Waals surface area (Å²) in [7, 11) is 0. The van der Waals surface area contributed by atoms with E-state index in [-0.39, 0.29) is 18.0 Å². The van der Waals surface area contributed by atoms with E-state index in [4.69, 9.17) is 5.10 Å². The van der Waals surface area contributed by atoms with Crippen LogP contribution in [0.3, 0.4) is 0 Å². The first-order valence-electron chi connectivity index (χ1n) is 10.4. The fourth-order valence-corrected chi connectivity index (χ4v) is 4.08. The number of rotatable bonds is 4. The van der Waals surface area contributed by atoms with E-state index >= 15 is 0 Å². The van der Waals surface area contributed by atoms with Crippen molar-refractivity contribution in [1.82, 2.24) is 34.9 Å². The number of para-hydroxylation sites is 1. The molecule has 1 saturated heterocycles. The van der Waals surface area contributed by atoms with Crippen molar-refractivity contribution in [2.45, 2.75) is 31.8 Å². The molecule has 31 heavy (non-hydrogen) atoms. The lowest BCUT2D eigenvalue weighted by molar-refractivity contribution is 0.0547. The number of hydrogen-bond donors (Lipinski definition) is 0. The Morgan fingerprint density at radius 1 is 0.935 bits per heavy atom. The minimum absolute atomic E-state index is 0.0273. The zero-order chi connectivity index (χ0) is 21.2. The van der Waals surface area contributed by atoms with Gasteiger partial charge in [0.1, 0.15) is 5.69 Å². The van der Waals surface area contributed by atoms with Crippen molar-refractivity contribution in [2.75, 3.05) is 6.54 Å². The molecule has 1 aliphatic rings. The molecule has 2 aromatic carbocycles. The third-order valence-electron chi connectivity index (χ3n) is 5.79. The Balaban J connectivity index is 1.40. The SMILES string of the molecule is C[C@@H]1CC[C@@H](n2ncc(-c3ccccc3)n2)CN1C(=O)c1ccccc1-n1nccn1. The van der Waals surface area contributed by atoms with E-state index in [9.17, 15) is 4.79 Å². The summed E-state index contributed by atoms with van der Waals surface area (Å²) in [5, 5.41) is 17.6. The van der Waals surface area contributed by atoms with Gasteiger partial charge < -0.3 is 4.90 Å². The molecule has 5 rings (SSSR count). The number of carbonyl (C=O) groups excluding carboxylic acids is 1. The molecule has 0 spiro atoms. The standard InChI is InChI=1S/C23H23N7O/c1-17-11-12-19(29-26-15-21(27-29)18-7-3-2-4-8-18)16-28(17)23(31)20-9-5-6-10-22(20)30-24-13-14-25-30/h2-10,13-15,17,19H,11-12,16H2,1H3/t17-,19-/m1/s1. The summed E-state index contributed by atoms with van der Waals surface area (Å²) in [6, 6.07) is 17.6. The largest absolute Gasteiger partial charge is 0.334 e. The van der Waals surface area contributed by atoms with Gasteiger partial charge in [0, 0.05) is 18.2 Å². The van der Waals surface area contributed by atoms with Gasteiger partial charge in [0.15, 0.2) is 0 Å². The first-order chi connectivity index (χ1) is 15.2. The van der Waals surface area contributed by atoms with Crippen molar-refractivity contribution < 1.29 is 4.79 Å². The molecule has 0 saturated carbocycles. The van der Waals surface area contributed by atoms with E-state index < -0.39 is 0 Å². The maximum atomic E-state index is 13.5. The van der Waals surface area contributed by atoms with Crippen LogP contribution in [-0.4, -0.2) is 53.4 Å². The second-order valence-corrected chi connectivity index (χ2v) is 7.79. The van der Waals surface area contributed by atoms with Crippen LogP contribution < -0.4 is 0 Å². The van der Waals surface area contributed by atoms with E-state index in [1.54, 1.807) is 23.4 Å². The van der Waals surface area contributed by atoms with Gasteiger partial charge in [-0.3, -0.25) is 4.79 Å². The maximum Gasteiger partial charge on any atom is 0.256 e. The fraction of sp³-hybridized carbons (Fsp3) is 0.261. The summed E-state index contributed by atoms with van der Waals surface area (Å²) in [6.45, 7) is 2.65. The Morgan fingerprint density at radius 2 is 1.68 bits per heavy atom. The third kappa shape index (κ3) is 3.72. The summed E-state index contributed by atoms with van der Waals surface area (Å²) >= 11 is 0. The van der Waals surface area contributed by atoms with Gasteiger partial charge in [-0.2, -0.15) is 30.0 Å². The average Bonchev–Trinajstić information content (AvgIpc) is 3.52. The predicted molar refractivity (Wildman–Crippen MR) is 116 cm³/mol. The quantitative estimate of drug-likeness (QED) is 0.512. The Kier molecular flexibility index (Phi) is 5.03. The van der Waals surface area contributed by atoms with Gasteiger partial charge >= 0.3 is 0 Å². The molecule has 0 bridgehead atoms. The minimum atomic E-state index is -0.0273. The van der Waals surface area contributed by atoms with E-state index in [2.05, 4.69) is 22.2 Å². The maximum absolute atomic E-state index is 13.5. The first-order valence-corrected chi connectivity index (χ1v) is 10.4. The highest BCUT2D eigenvalue weighted by atomic mass is 16.2. The highest BCUT2D eigenvalue weighted by molar-refractivity contribution is 5.98. The van der Waals surface area contributed by atoms with Gasteiger partial charge in [-0.25, -0.2) is 0 Å². The average molecular weight is 413 g/mol. The second kappa shape index (κ2) is 8.14. The highest BCUT2D eigenvalue weighted by Crippen LogP contribution is 2.28. The van der Waals surface area contributed by atoms with Crippen LogP contribution in [-0.2, 0) is 0 Å². The minimum Gasteiger partial charge on any atom is -0.334 e. The molecule has 1 fully saturated rings. The number of hydrogen-bond acceptors (Lipinski definition) is 5. The molecule has 0 aliphatic carbocycles. The third-order valence-corrected chi connectivity index (χ3v) is 5.79. The fourth-order valence-electron chi connectivity index (χ4n) is 4.08. The molecular formula is C23H23N7O. The summed E-state index contributed by atoms with van der Waals surface area (Å²) in [4.78, 5) is 18.7. The van der Waals surface area contributed by atoms with E-state index in [0.29, 0.717) is 17.8 Å². The lowest BCUT2D eigenvalue weighted by atomic mass is 9.98. The van der Waals surface area contributed by atoms with Gasteiger partial charge in [-0.1, -0.05) is 42.5 Å². The number of aromatic nitrogens is 6. The number of likely N-dealkylation sites (tertiary alicyclic amines) is 1. The van der Waals surface area contributed by atoms with Crippen LogP contribution in [0.15, 0.2) is 73.2 Å². The van der Waals surface area contributed by atoms with E-state index in [0.717, 1.165) is 24.1 Å². The highest BCUT2D eigenvalue weighted by Gasteiger charge is 2.32. The topological polar surface area (TPSA) is 81.7 Å². The van der Waals surface area contributed by atoms with Gasteiger partial charge in [0.05, 0.1) is 35.9 Å². The molecule has 2 atom stereocenters. The van der Waals surface area contributed by atoms with Crippen molar-refractivity contribution in [3.63, 3.8) is 0 Å². The normalized spacial score (nSPS) is 18.8. The number of piperidine rings is 1. The molecule has 1 aliphatic heterocycles. The molecule has 156 valence electrons. The zero-order valence-electron chi connectivity index (χ0n) is 17.2. The van der Waals surface area contributed by atoms with Crippen LogP contribution in [0.5, 0.6) is 0 Å². The predicted octanol–water partition coefficient (Wildman–Crippen LogP) is 3.39. The van der Waals surface area contributed by atoms with Crippen LogP contribution >= 0.6 is 0 Å². The number of nitrogens with zero attached hydrogens (tertiary/aromatic N) is 7. The van der Waals surface area contributed by atoms with Crippen molar-refractivity contribution in [2.24, 2.45) is 0 Å².